The lowest BCUT2D eigenvalue weighted by molar-refractivity contribution is 0.183. The Morgan fingerprint density at radius 2 is 2.24 bits per heavy atom. The van der Waals surface area contributed by atoms with Crippen LogP contribution in [0.2, 0.25) is 0 Å². The van der Waals surface area contributed by atoms with Crippen molar-refractivity contribution < 1.29 is 0 Å². The molecule has 0 amide bonds. The highest BCUT2D eigenvalue weighted by atomic mass is 32.1. The predicted octanol–water partition coefficient (Wildman–Crippen LogP) is 2.55. The van der Waals surface area contributed by atoms with E-state index in [0.717, 1.165) is 18.5 Å². The molecule has 0 aromatic carbocycles. The number of hydrogen-bond acceptors (Lipinski definition) is 3. The average Bonchev–Trinajstić information content (AvgIpc) is 3.08. The van der Waals surface area contributed by atoms with Crippen LogP contribution in [-0.4, -0.2) is 30.6 Å². The highest BCUT2D eigenvalue weighted by Crippen LogP contribution is 2.34. The van der Waals surface area contributed by atoms with Crippen LogP contribution >= 0.6 is 11.3 Å². The number of nitrogens with one attached hydrogen (secondary N) is 1. The van der Waals surface area contributed by atoms with Crippen molar-refractivity contribution in [3.8, 4) is 0 Å². The summed E-state index contributed by atoms with van der Waals surface area (Å²) in [7, 11) is 0. The molecule has 1 saturated heterocycles. The van der Waals surface area contributed by atoms with Crippen LogP contribution in [0, 0.1) is 19.8 Å². The lowest BCUT2D eigenvalue weighted by Gasteiger charge is -2.33. The van der Waals surface area contributed by atoms with Gasteiger partial charge in [0.05, 0.1) is 0 Å². The molecule has 2 fully saturated rings. The van der Waals surface area contributed by atoms with Crippen LogP contribution < -0.4 is 5.32 Å². The Balaban J connectivity index is 1.60. The van der Waals surface area contributed by atoms with Crippen LogP contribution in [0.25, 0.3) is 0 Å². The quantitative estimate of drug-likeness (QED) is 0.887. The molecule has 1 N–H and O–H groups in total. The van der Waals surface area contributed by atoms with E-state index in [1.165, 1.54) is 47.8 Å². The van der Waals surface area contributed by atoms with Crippen molar-refractivity contribution in [1.29, 1.82) is 0 Å². The zero-order chi connectivity index (χ0) is 11.8. The molecular formula is C14H22N2S. The molecule has 1 aromatic heterocycles. The monoisotopic (exact) mass is 250 g/mol. The standard InChI is InChI=1S/C14H22N2S/c1-10-7-13(17-11(10)2)8-16-6-5-15-14(9-16)12-3-4-12/h7,12,14-15H,3-6,8-9H2,1-2H3. The summed E-state index contributed by atoms with van der Waals surface area (Å²) in [5, 5.41) is 3.68. The van der Waals surface area contributed by atoms with E-state index in [1.54, 1.807) is 0 Å². The Labute approximate surface area is 108 Å². The van der Waals surface area contributed by atoms with Gasteiger partial charge in [-0.3, -0.25) is 4.90 Å². The van der Waals surface area contributed by atoms with E-state index in [2.05, 4.69) is 30.1 Å². The predicted molar refractivity (Wildman–Crippen MR) is 73.6 cm³/mol. The summed E-state index contributed by atoms with van der Waals surface area (Å²) in [5.74, 6) is 0.976. The summed E-state index contributed by atoms with van der Waals surface area (Å²) in [5.41, 5.74) is 1.46. The van der Waals surface area contributed by atoms with Gasteiger partial charge in [-0.25, -0.2) is 0 Å². The van der Waals surface area contributed by atoms with E-state index in [9.17, 15) is 0 Å². The molecule has 17 heavy (non-hydrogen) atoms. The Morgan fingerprint density at radius 1 is 1.41 bits per heavy atom. The molecule has 1 aliphatic carbocycles. The fourth-order valence-electron chi connectivity index (χ4n) is 2.75. The van der Waals surface area contributed by atoms with Crippen molar-refractivity contribution in [1.82, 2.24) is 10.2 Å². The Hall–Kier alpha value is -0.380. The van der Waals surface area contributed by atoms with Crippen LogP contribution in [0.5, 0.6) is 0 Å². The van der Waals surface area contributed by atoms with Crippen molar-refractivity contribution in [2.24, 2.45) is 5.92 Å². The van der Waals surface area contributed by atoms with Crippen LogP contribution in [0.3, 0.4) is 0 Å². The topological polar surface area (TPSA) is 15.3 Å². The molecule has 0 bridgehead atoms. The van der Waals surface area contributed by atoms with Gasteiger partial charge in [0.25, 0.3) is 0 Å². The molecule has 94 valence electrons. The molecule has 1 saturated carbocycles. The maximum Gasteiger partial charge on any atom is 0.0329 e. The number of rotatable bonds is 3. The summed E-state index contributed by atoms with van der Waals surface area (Å²) in [6.45, 7) is 9.24. The minimum absolute atomic E-state index is 0.769. The fourth-order valence-corrected chi connectivity index (χ4v) is 3.84. The van der Waals surface area contributed by atoms with E-state index < -0.39 is 0 Å². The first kappa shape index (κ1) is 11.7. The molecule has 2 heterocycles. The lowest BCUT2D eigenvalue weighted by Crippen LogP contribution is -2.51. The number of hydrogen-bond donors (Lipinski definition) is 1. The van der Waals surface area contributed by atoms with Gasteiger partial charge in [0, 0.05) is 42.0 Å². The first-order valence-corrected chi connectivity index (χ1v) is 7.55. The van der Waals surface area contributed by atoms with Crippen molar-refractivity contribution in [2.75, 3.05) is 19.6 Å². The van der Waals surface area contributed by atoms with Gasteiger partial charge in [0.2, 0.25) is 0 Å². The third-order valence-corrected chi connectivity index (χ3v) is 5.21. The molecule has 1 unspecified atom stereocenters. The van der Waals surface area contributed by atoms with Gasteiger partial charge in [0.1, 0.15) is 0 Å². The van der Waals surface area contributed by atoms with Gasteiger partial charge in [-0.05, 0) is 44.2 Å². The largest absolute Gasteiger partial charge is 0.311 e. The molecule has 2 nitrogen and oxygen atoms in total. The minimum atomic E-state index is 0.769. The Kier molecular flexibility index (Phi) is 3.24. The number of aryl methyl sites for hydroxylation is 2. The highest BCUT2D eigenvalue weighted by molar-refractivity contribution is 7.12. The second-order valence-electron chi connectivity index (χ2n) is 5.59. The first-order chi connectivity index (χ1) is 8.22. The molecule has 1 aromatic rings. The van der Waals surface area contributed by atoms with Crippen LogP contribution in [-0.2, 0) is 6.54 Å². The van der Waals surface area contributed by atoms with Crippen molar-refractivity contribution in [2.45, 2.75) is 39.3 Å². The molecule has 2 aliphatic rings. The molecule has 1 atom stereocenters. The van der Waals surface area contributed by atoms with E-state index in [0.29, 0.717) is 0 Å². The van der Waals surface area contributed by atoms with Gasteiger partial charge >= 0.3 is 0 Å². The smallest absolute Gasteiger partial charge is 0.0329 e. The molecule has 1 aliphatic heterocycles. The number of piperazine rings is 1. The summed E-state index contributed by atoms with van der Waals surface area (Å²) < 4.78 is 0. The van der Waals surface area contributed by atoms with Crippen LogP contribution in [0.1, 0.15) is 28.2 Å². The van der Waals surface area contributed by atoms with Gasteiger partial charge in [0.15, 0.2) is 0 Å². The summed E-state index contributed by atoms with van der Waals surface area (Å²) in [4.78, 5) is 5.65. The van der Waals surface area contributed by atoms with E-state index in [4.69, 9.17) is 0 Å². The molecule has 3 rings (SSSR count). The number of thiophene rings is 1. The number of nitrogens with zero attached hydrogens (tertiary/aromatic N) is 1. The van der Waals surface area contributed by atoms with E-state index in [1.807, 2.05) is 11.3 Å². The van der Waals surface area contributed by atoms with Gasteiger partial charge in [-0.15, -0.1) is 11.3 Å². The van der Waals surface area contributed by atoms with Gasteiger partial charge in [-0.2, -0.15) is 0 Å². The van der Waals surface area contributed by atoms with Gasteiger partial charge < -0.3 is 5.32 Å². The average molecular weight is 250 g/mol. The van der Waals surface area contributed by atoms with Crippen LogP contribution in [0.4, 0.5) is 0 Å². The van der Waals surface area contributed by atoms with E-state index >= 15 is 0 Å². The molecular weight excluding hydrogens is 228 g/mol. The summed E-state index contributed by atoms with van der Waals surface area (Å²) in [6.07, 6.45) is 2.89. The first-order valence-electron chi connectivity index (χ1n) is 6.74. The summed E-state index contributed by atoms with van der Waals surface area (Å²) >= 11 is 1.97. The SMILES string of the molecule is Cc1cc(CN2CCNC(C3CC3)C2)sc1C. The normalized spacial score (nSPS) is 26.4. The third kappa shape index (κ3) is 2.72. The fraction of sp³-hybridized carbons (Fsp3) is 0.714. The minimum Gasteiger partial charge on any atom is -0.311 e. The van der Waals surface area contributed by atoms with Crippen LogP contribution in [0.15, 0.2) is 6.07 Å². The maximum atomic E-state index is 3.68. The second kappa shape index (κ2) is 4.71. The zero-order valence-electron chi connectivity index (χ0n) is 10.8. The lowest BCUT2D eigenvalue weighted by atomic mass is 10.1. The zero-order valence-corrected chi connectivity index (χ0v) is 11.6. The second-order valence-corrected chi connectivity index (χ2v) is 6.93. The maximum absolute atomic E-state index is 3.68. The summed E-state index contributed by atoms with van der Waals surface area (Å²) in [6, 6.07) is 3.14. The highest BCUT2D eigenvalue weighted by Gasteiger charge is 2.33. The molecule has 3 heteroatoms. The Morgan fingerprint density at radius 3 is 2.88 bits per heavy atom. The van der Waals surface area contributed by atoms with E-state index in [-0.39, 0.29) is 0 Å². The third-order valence-electron chi connectivity index (χ3n) is 4.08. The molecule has 0 spiro atoms. The van der Waals surface area contributed by atoms with Gasteiger partial charge in [-0.1, -0.05) is 0 Å². The van der Waals surface area contributed by atoms with Crippen molar-refractivity contribution >= 4 is 11.3 Å². The Bertz CT molecular complexity index is 375. The van der Waals surface area contributed by atoms with Crippen molar-refractivity contribution in [3.05, 3.63) is 21.4 Å². The van der Waals surface area contributed by atoms with Crippen molar-refractivity contribution in [3.63, 3.8) is 0 Å². The molecule has 0 radical (unpaired) electrons.